The van der Waals surface area contributed by atoms with Crippen molar-refractivity contribution in [2.24, 2.45) is 0 Å². The molecule has 0 saturated carbocycles. The maximum Gasteiger partial charge on any atom is 0.0596 e. The molecule has 1 aliphatic heterocycles. The molecule has 1 saturated heterocycles. The number of ether oxygens (including phenoxy) is 1. The molecule has 0 unspecified atom stereocenters. The van der Waals surface area contributed by atoms with Gasteiger partial charge in [0.2, 0.25) is 0 Å². The van der Waals surface area contributed by atoms with E-state index in [-0.39, 0.29) is 0 Å². The fourth-order valence-electron chi connectivity index (χ4n) is 2.86. The fraction of sp³-hybridized carbons (Fsp3) is 0.765. The second kappa shape index (κ2) is 8.28. The van der Waals surface area contributed by atoms with Crippen molar-refractivity contribution < 1.29 is 4.74 Å². The van der Waals surface area contributed by atoms with Gasteiger partial charge in [-0.05, 0) is 65.8 Å². The Balaban J connectivity index is 1.67. The minimum Gasteiger partial charge on any atom is -0.377 e. The van der Waals surface area contributed by atoms with Crippen LogP contribution in [0.5, 0.6) is 0 Å². The van der Waals surface area contributed by atoms with E-state index in [1.165, 1.54) is 35.7 Å². The molecule has 0 bridgehead atoms. The number of likely N-dealkylation sites (tertiary alicyclic amines) is 1. The van der Waals surface area contributed by atoms with E-state index in [1.54, 1.807) is 0 Å². The number of nitrogens with zero attached hydrogens (tertiary/aromatic N) is 1. The number of hydrogen-bond donors (Lipinski definition) is 1. The van der Waals surface area contributed by atoms with Crippen LogP contribution < -0.4 is 5.32 Å². The molecule has 0 aromatic carbocycles. The standard InChI is InChI=1S/C17H30N2OS/c1-13(2)20-12-11-19-9-7-16(8-10-19)18-15(4)17-6-5-14(3)21-17/h5-6,13,15-16,18H,7-12H2,1-4H3/t15-/m0/s1. The Labute approximate surface area is 133 Å². The van der Waals surface area contributed by atoms with Gasteiger partial charge in [0.25, 0.3) is 0 Å². The van der Waals surface area contributed by atoms with Gasteiger partial charge in [-0.2, -0.15) is 0 Å². The van der Waals surface area contributed by atoms with Gasteiger partial charge in [-0.1, -0.05) is 0 Å². The smallest absolute Gasteiger partial charge is 0.0596 e. The van der Waals surface area contributed by atoms with E-state index in [1.807, 2.05) is 11.3 Å². The van der Waals surface area contributed by atoms with Crippen LogP contribution in [0.15, 0.2) is 12.1 Å². The molecule has 120 valence electrons. The van der Waals surface area contributed by atoms with Crippen LogP contribution in [0.3, 0.4) is 0 Å². The first-order valence-corrected chi connectivity index (χ1v) is 9.02. The topological polar surface area (TPSA) is 24.5 Å². The molecule has 0 aliphatic carbocycles. The Kier molecular flexibility index (Phi) is 6.68. The van der Waals surface area contributed by atoms with Crippen LogP contribution in [-0.4, -0.2) is 43.3 Å². The van der Waals surface area contributed by atoms with Gasteiger partial charge in [0.05, 0.1) is 12.7 Å². The van der Waals surface area contributed by atoms with Crippen LogP contribution in [0, 0.1) is 6.92 Å². The van der Waals surface area contributed by atoms with Crippen LogP contribution in [0.4, 0.5) is 0 Å². The molecule has 0 amide bonds. The highest BCUT2D eigenvalue weighted by Crippen LogP contribution is 2.24. The molecule has 4 heteroatoms. The minimum absolute atomic E-state index is 0.347. The summed E-state index contributed by atoms with van der Waals surface area (Å²) >= 11 is 1.91. The molecule has 1 aromatic rings. The monoisotopic (exact) mass is 310 g/mol. The van der Waals surface area contributed by atoms with Gasteiger partial charge in [-0.25, -0.2) is 0 Å². The molecule has 1 N–H and O–H groups in total. The zero-order valence-corrected chi connectivity index (χ0v) is 14.7. The van der Waals surface area contributed by atoms with Crippen molar-refractivity contribution >= 4 is 11.3 Å². The molecular formula is C17H30N2OS. The van der Waals surface area contributed by atoms with Crippen molar-refractivity contribution in [1.82, 2.24) is 10.2 Å². The maximum absolute atomic E-state index is 5.64. The average molecular weight is 311 g/mol. The van der Waals surface area contributed by atoms with Crippen LogP contribution in [-0.2, 0) is 4.74 Å². The third-order valence-electron chi connectivity index (χ3n) is 4.12. The summed E-state index contributed by atoms with van der Waals surface area (Å²) in [4.78, 5) is 5.39. The zero-order chi connectivity index (χ0) is 15.2. The molecular weight excluding hydrogens is 280 g/mol. The van der Waals surface area contributed by atoms with E-state index >= 15 is 0 Å². The number of nitrogens with one attached hydrogen (secondary N) is 1. The van der Waals surface area contributed by atoms with Crippen LogP contribution in [0.25, 0.3) is 0 Å². The van der Waals surface area contributed by atoms with Crippen molar-refractivity contribution in [3.8, 4) is 0 Å². The predicted octanol–water partition coefficient (Wildman–Crippen LogP) is 3.60. The molecule has 1 atom stereocenters. The van der Waals surface area contributed by atoms with Gasteiger partial charge < -0.3 is 15.0 Å². The van der Waals surface area contributed by atoms with Crippen LogP contribution in [0.1, 0.15) is 49.4 Å². The molecule has 0 spiro atoms. The van der Waals surface area contributed by atoms with Gasteiger partial charge in [0, 0.05) is 28.4 Å². The summed E-state index contributed by atoms with van der Waals surface area (Å²) in [5.41, 5.74) is 0. The predicted molar refractivity (Wildman–Crippen MR) is 91.2 cm³/mol. The number of aryl methyl sites for hydroxylation is 1. The Hall–Kier alpha value is -0.420. The molecule has 1 aromatic heterocycles. The number of piperidine rings is 1. The summed E-state index contributed by atoms with van der Waals surface area (Å²) in [7, 11) is 0. The summed E-state index contributed by atoms with van der Waals surface area (Å²) in [6.07, 6.45) is 2.84. The molecule has 21 heavy (non-hydrogen) atoms. The van der Waals surface area contributed by atoms with Crippen LogP contribution >= 0.6 is 11.3 Å². The lowest BCUT2D eigenvalue weighted by Gasteiger charge is -2.33. The SMILES string of the molecule is Cc1ccc([C@H](C)NC2CCN(CCOC(C)C)CC2)s1. The van der Waals surface area contributed by atoms with E-state index in [9.17, 15) is 0 Å². The van der Waals surface area contributed by atoms with Crippen molar-refractivity contribution in [1.29, 1.82) is 0 Å². The second-order valence-corrected chi connectivity index (χ2v) is 7.69. The summed E-state index contributed by atoms with van der Waals surface area (Å²) in [5.74, 6) is 0. The first kappa shape index (κ1) is 16.9. The van der Waals surface area contributed by atoms with Gasteiger partial charge in [0.15, 0.2) is 0 Å². The second-order valence-electron chi connectivity index (χ2n) is 6.37. The Bertz CT molecular complexity index is 411. The highest BCUT2D eigenvalue weighted by Gasteiger charge is 2.21. The lowest BCUT2D eigenvalue weighted by atomic mass is 10.0. The zero-order valence-electron chi connectivity index (χ0n) is 13.9. The highest BCUT2D eigenvalue weighted by atomic mass is 32.1. The quantitative estimate of drug-likeness (QED) is 0.833. The van der Waals surface area contributed by atoms with Crippen molar-refractivity contribution in [2.45, 2.75) is 58.7 Å². The number of rotatable bonds is 7. The van der Waals surface area contributed by atoms with Gasteiger partial charge in [0.1, 0.15) is 0 Å². The molecule has 1 aliphatic rings. The van der Waals surface area contributed by atoms with Crippen molar-refractivity contribution in [3.05, 3.63) is 21.9 Å². The summed E-state index contributed by atoms with van der Waals surface area (Å²) in [5, 5.41) is 3.80. The molecule has 2 heterocycles. The largest absolute Gasteiger partial charge is 0.377 e. The summed E-state index contributed by atoms with van der Waals surface area (Å²) < 4.78 is 5.64. The van der Waals surface area contributed by atoms with Gasteiger partial charge >= 0.3 is 0 Å². The van der Waals surface area contributed by atoms with Gasteiger partial charge in [-0.15, -0.1) is 11.3 Å². The third-order valence-corrected chi connectivity index (χ3v) is 5.30. The Morgan fingerprint density at radius 3 is 2.57 bits per heavy atom. The Morgan fingerprint density at radius 2 is 2.00 bits per heavy atom. The normalized spacial score (nSPS) is 19.3. The summed E-state index contributed by atoms with van der Waals surface area (Å²) in [6, 6.07) is 5.61. The average Bonchev–Trinajstić information content (AvgIpc) is 2.87. The molecule has 1 fully saturated rings. The molecule has 3 nitrogen and oxygen atoms in total. The fourth-order valence-corrected chi connectivity index (χ4v) is 3.75. The first-order chi connectivity index (χ1) is 10.0. The van der Waals surface area contributed by atoms with E-state index in [0.29, 0.717) is 18.2 Å². The highest BCUT2D eigenvalue weighted by molar-refractivity contribution is 7.12. The molecule has 2 rings (SSSR count). The Morgan fingerprint density at radius 1 is 1.29 bits per heavy atom. The minimum atomic E-state index is 0.347. The van der Waals surface area contributed by atoms with Crippen LogP contribution in [0.2, 0.25) is 0 Å². The van der Waals surface area contributed by atoms with Crippen molar-refractivity contribution in [3.63, 3.8) is 0 Å². The number of hydrogen-bond acceptors (Lipinski definition) is 4. The lowest BCUT2D eigenvalue weighted by molar-refractivity contribution is 0.0523. The summed E-state index contributed by atoms with van der Waals surface area (Å²) in [6.45, 7) is 13.0. The van der Waals surface area contributed by atoms with E-state index in [2.05, 4.69) is 50.0 Å². The lowest BCUT2D eigenvalue weighted by Crippen LogP contribution is -2.44. The van der Waals surface area contributed by atoms with E-state index in [4.69, 9.17) is 4.74 Å². The molecule has 0 radical (unpaired) electrons. The first-order valence-electron chi connectivity index (χ1n) is 8.21. The number of thiophene rings is 1. The maximum atomic E-state index is 5.64. The third kappa shape index (κ3) is 5.70. The van der Waals surface area contributed by atoms with Gasteiger partial charge in [-0.3, -0.25) is 0 Å². The van der Waals surface area contributed by atoms with Crippen molar-refractivity contribution in [2.75, 3.05) is 26.2 Å². The van der Waals surface area contributed by atoms with E-state index < -0.39 is 0 Å². The van der Waals surface area contributed by atoms with E-state index in [0.717, 1.165) is 13.2 Å².